The first-order valence-electron chi connectivity index (χ1n) is 6.12. The molecule has 0 bridgehead atoms. The zero-order valence-corrected chi connectivity index (χ0v) is 11.2. The standard InChI is InChI=1S/C13H14ClNO4/c1-6-8(9-2-7(4-15-9)13(16)17)3-10-12(11(6)14)19-5-18-10/h3,7,9,15H,2,4-5H2,1H3,(H,16,17). The summed E-state index contributed by atoms with van der Waals surface area (Å²) >= 11 is 6.27. The van der Waals surface area contributed by atoms with Crippen molar-refractivity contribution in [3.63, 3.8) is 0 Å². The van der Waals surface area contributed by atoms with E-state index >= 15 is 0 Å². The predicted molar refractivity (Wildman–Crippen MR) is 68.8 cm³/mol. The van der Waals surface area contributed by atoms with Crippen molar-refractivity contribution in [3.05, 3.63) is 22.2 Å². The molecule has 0 aromatic heterocycles. The molecule has 2 atom stereocenters. The minimum absolute atomic E-state index is 0.00639. The van der Waals surface area contributed by atoms with Crippen LogP contribution in [-0.2, 0) is 4.79 Å². The molecule has 6 heteroatoms. The highest BCUT2D eigenvalue weighted by molar-refractivity contribution is 6.33. The minimum atomic E-state index is -0.764. The number of halogens is 1. The Kier molecular flexibility index (Phi) is 3.03. The molecule has 0 saturated carbocycles. The molecule has 2 aliphatic heterocycles. The number of hydrogen-bond donors (Lipinski definition) is 2. The Bertz CT molecular complexity index is 546. The highest BCUT2D eigenvalue weighted by Crippen LogP contribution is 2.45. The average Bonchev–Trinajstić information content (AvgIpc) is 3.01. The smallest absolute Gasteiger partial charge is 0.307 e. The van der Waals surface area contributed by atoms with Gasteiger partial charge in [-0.2, -0.15) is 0 Å². The fourth-order valence-electron chi connectivity index (χ4n) is 2.64. The molecule has 0 aliphatic carbocycles. The molecule has 2 heterocycles. The van der Waals surface area contributed by atoms with E-state index < -0.39 is 5.97 Å². The van der Waals surface area contributed by atoms with Crippen LogP contribution in [0.4, 0.5) is 0 Å². The van der Waals surface area contributed by atoms with Crippen LogP contribution in [0.25, 0.3) is 0 Å². The Morgan fingerprint density at radius 3 is 3.00 bits per heavy atom. The number of ether oxygens (including phenoxy) is 2. The molecule has 1 saturated heterocycles. The summed E-state index contributed by atoms with van der Waals surface area (Å²) in [6, 6.07) is 1.89. The molecule has 1 aromatic rings. The first-order chi connectivity index (χ1) is 9.08. The van der Waals surface area contributed by atoms with Crippen LogP contribution in [0, 0.1) is 12.8 Å². The number of aliphatic carboxylic acids is 1. The van der Waals surface area contributed by atoms with Crippen molar-refractivity contribution in [1.29, 1.82) is 0 Å². The maximum absolute atomic E-state index is 11.0. The van der Waals surface area contributed by atoms with Crippen molar-refractivity contribution in [2.45, 2.75) is 19.4 Å². The number of benzene rings is 1. The second-order valence-corrected chi connectivity index (χ2v) is 5.25. The van der Waals surface area contributed by atoms with Crippen molar-refractivity contribution in [2.75, 3.05) is 13.3 Å². The molecule has 0 spiro atoms. The fraction of sp³-hybridized carbons (Fsp3) is 0.462. The van der Waals surface area contributed by atoms with E-state index in [9.17, 15) is 4.79 Å². The van der Waals surface area contributed by atoms with E-state index in [0.29, 0.717) is 29.5 Å². The van der Waals surface area contributed by atoms with E-state index in [2.05, 4.69) is 5.32 Å². The maximum Gasteiger partial charge on any atom is 0.307 e. The van der Waals surface area contributed by atoms with Crippen molar-refractivity contribution in [2.24, 2.45) is 5.92 Å². The molecule has 2 N–H and O–H groups in total. The Morgan fingerprint density at radius 2 is 2.32 bits per heavy atom. The lowest BCUT2D eigenvalue weighted by Crippen LogP contribution is -2.17. The van der Waals surface area contributed by atoms with Gasteiger partial charge >= 0.3 is 5.97 Å². The van der Waals surface area contributed by atoms with Gasteiger partial charge in [-0.3, -0.25) is 4.79 Å². The molecule has 3 rings (SSSR count). The van der Waals surface area contributed by atoms with E-state index in [-0.39, 0.29) is 18.8 Å². The zero-order chi connectivity index (χ0) is 13.6. The van der Waals surface area contributed by atoms with Crippen LogP contribution in [-0.4, -0.2) is 24.4 Å². The lowest BCUT2D eigenvalue weighted by Gasteiger charge is -2.16. The van der Waals surface area contributed by atoms with E-state index in [1.165, 1.54) is 0 Å². The van der Waals surface area contributed by atoms with Gasteiger partial charge in [0.25, 0.3) is 0 Å². The topological polar surface area (TPSA) is 67.8 Å². The number of fused-ring (bicyclic) bond motifs is 1. The third-order valence-electron chi connectivity index (χ3n) is 3.75. The van der Waals surface area contributed by atoms with Gasteiger partial charge in [0.05, 0.1) is 10.9 Å². The second-order valence-electron chi connectivity index (χ2n) is 4.87. The Hall–Kier alpha value is -1.46. The molecule has 1 aromatic carbocycles. The number of rotatable bonds is 2. The summed E-state index contributed by atoms with van der Waals surface area (Å²) in [6.07, 6.45) is 0.562. The van der Waals surface area contributed by atoms with Crippen molar-refractivity contribution in [1.82, 2.24) is 5.32 Å². The van der Waals surface area contributed by atoms with Gasteiger partial charge in [0.2, 0.25) is 6.79 Å². The van der Waals surface area contributed by atoms with Gasteiger partial charge in [-0.05, 0) is 30.5 Å². The zero-order valence-electron chi connectivity index (χ0n) is 10.4. The normalized spacial score (nSPS) is 24.7. The molecule has 0 radical (unpaired) electrons. The molecular weight excluding hydrogens is 270 g/mol. The van der Waals surface area contributed by atoms with E-state index in [1.54, 1.807) is 0 Å². The highest BCUT2D eigenvalue weighted by atomic mass is 35.5. The molecule has 102 valence electrons. The first-order valence-corrected chi connectivity index (χ1v) is 6.50. The molecule has 1 fully saturated rings. The van der Waals surface area contributed by atoms with Gasteiger partial charge in [-0.15, -0.1) is 0 Å². The molecular formula is C13H14ClNO4. The Balaban J connectivity index is 1.94. The van der Waals surface area contributed by atoms with Gasteiger partial charge in [-0.1, -0.05) is 11.6 Å². The fourth-order valence-corrected chi connectivity index (χ4v) is 2.89. The first kappa shape index (κ1) is 12.6. The summed E-state index contributed by atoms with van der Waals surface area (Å²) in [5.41, 5.74) is 1.90. The quantitative estimate of drug-likeness (QED) is 0.870. The van der Waals surface area contributed by atoms with Crippen LogP contribution < -0.4 is 14.8 Å². The summed E-state index contributed by atoms with van der Waals surface area (Å²) in [5, 5.41) is 12.8. The number of carboxylic acids is 1. The minimum Gasteiger partial charge on any atom is -0.481 e. The lowest BCUT2D eigenvalue weighted by atomic mass is 9.96. The summed E-state index contributed by atoms with van der Waals surface area (Å²) in [4.78, 5) is 11.0. The molecule has 2 aliphatic rings. The maximum atomic E-state index is 11.0. The summed E-state index contributed by atoms with van der Waals surface area (Å²) in [5.74, 6) is 0.0926. The molecule has 2 unspecified atom stereocenters. The van der Waals surface area contributed by atoms with Gasteiger partial charge in [0.15, 0.2) is 11.5 Å². The van der Waals surface area contributed by atoms with Crippen molar-refractivity contribution < 1.29 is 19.4 Å². The third-order valence-corrected chi connectivity index (χ3v) is 4.20. The monoisotopic (exact) mass is 283 g/mol. The number of nitrogens with one attached hydrogen (secondary N) is 1. The SMILES string of the molecule is Cc1c(C2CC(C(=O)O)CN2)cc2c(c1Cl)OCO2. The van der Waals surface area contributed by atoms with Gasteiger partial charge in [0, 0.05) is 12.6 Å². The number of hydrogen-bond acceptors (Lipinski definition) is 4. The third kappa shape index (κ3) is 2.03. The number of carbonyl (C=O) groups is 1. The Morgan fingerprint density at radius 1 is 1.53 bits per heavy atom. The van der Waals surface area contributed by atoms with Crippen molar-refractivity contribution >= 4 is 17.6 Å². The lowest BCUT2D eigenvalue weighted by molar-refractivity contribution is -0.141. The van der Waals surface area contributed by atoms with E-state index in [1.807, 2.05) is 13.0 Å². The summed E-state index contributed by atoms with van der Waals surface area (Å²) < 4.78 is 10.7. The number of carboxylic acid groups (broad SMARTS) is 1. The van der Waals surface area contributed by atoms with Gasteiger partial charge in [0.1, 0.15) is 0 Å². The average molecular weight is 284 g/mol. The van der Waals surface area contributed by atoms with Crippen molar-refractivity contribution in [3.8, 4) is 11.5 Å². The van der Waals surface area contributed by atoms with Crippen LogP contribution in [0.1, 0.15) is 23.6 Å². The predicted octanol–water partition coefficient (Wildman–Crippen LogP) is 2.11. The summed E-state index contributed by atoms with van der Waals surface area (Å²) in [6.45, 7) is 2.56. The van der Waals surface area contributed by atoms with Crippen LogP contribution in [0.3, 0.4) is 0 Å². The van der Waals surface area contributed by atoms with E-state index in [0.717, 1.165) is 11.1 Å². The molecule has 19 heavy (non-hydrogen) atoms. The van der Waals surface area contributed by atoms with E-state index in [4.69, 9.17) is 26.2 Å². The van der Waals surface area contributed by atoms with Crippen LogP contribution >= 0.6 is 11.6 Å². The Labute approximate surface area is 115 Å². The van der Waals surface area contributed by atoms with Gasteiger partial charge in [-0.25, -0.2) is 0 Å². The molecule has 5 nitrogen and oxygen atoms in total. The highest BCUT2D eigenvalue weighted by Gasteiger charge is 2.33. The van der Waals surface area contributed by atoms with Crippen LogP contribution in [0.15, 0.2) is 6.07 Å². The van der Waals surface area contributed by atoms with Crippen LogP contribution in [0.2, 0.25) is 5.02 Å². The second kappa shape index (κ2) is 4.58. The van der Waals surface area contributed by atoms with Gasteiger partial charge < -0.3 is 19.9 Å². The van der Waals surface area contributed by atoms with Crippen LogP contribution in [0.5, 0.6) is 11.5 Å². The molecule has 0 amide bonds. The summed E-state index contributed by atoms with van der Waals surface area (Å²) in [7, 11) is 0. The largest absolute Gasteiger partial charge is 0.481 e.